The monoisotopic (exact) mass is 409 g/mol. The highest BCUT2D eigenvalue weighted by Gasteiger charge is 2.66. The molecule has 5 rings (SSSR count). The van der Waals surface area contributed by atoms with Crippen molar-refractivity contribution in [1.82, 2.24) is 15.2 Å². The van der Waals surface area contributed by atoms with Gasteiger partial charge >= 0.3 is 0 Å². The molecule has 1 aromatic heterocycles. The Hall–Kier alpha value is -2.70. The van der Waals surface area contributed by atoms with Gasteiger partial charge in [-0.1, -0.05) is 48.0 Å². The number of ether oxygens (including phenoxy) is 1. The third-order valence-corrected chi connectivity index (χ3v) is 6.36. The molecule has 29 heavy (non-hydrogen) atoms. The van der Waals surface area contributed by atoms with Gasteiger partial charge in [-0.3, -0.25) is 14.6 Å². The van der Waals surface area contributed by atoms with Crippen LogP contribution in [0, 0.1) is 11.8 Å². The first-order valence-corrected chi connectivity index (χ1v) is 10.0. The third-order valence-electron chi connectivity index (χ3n) is 5.99. The predicted molar refractivity (Wildman–Crippen MR) is 107 cm³/mol. The number of carbonyl (C=O) groups excluding carboxylic acids is 2. The van der Waals surface area contributed by atoms with E-state index in [0.29, 0.717) is 24.7 Å². The Bertz CT molecular complexity index is 996. The number of hydrogen-bond donors (Lipinski definition) is 1. The lowest BCUT2D eigenvalue weighted by atomic mass is 9.77. The summed E-state index contributed by atoms with van der Waals surface area (Å²) in [6, 6.07) is 11.2. The Morgan fingerprint density at radius 3 is 2.97 bits per heavy atom. The Balaban J connectivity index is 1.34. The Morgan fingerprint density at radius 1 is 1.31 bits per heavy atom. The molecule has 1 aromatic carbocycles. The molecule has 0 saturated carbocycles. The second-order valence-electron chi connectivity index (χ2n) is 7.76. The molecule has 4 heterocycles. The molecule has 2 bridgehead atoms. The molecule has 6 nitrogen and oxygen atoms in total. The normalized spacial score (nSPS) is 29.3. The van der Waals surface area contributed by atoms with Crippen LogP contribution in [0.5, 0.6) is 0 Å². The number of hydrogen-bond acceptors (Lipinski definition) is 4. The van der Waals surface area contributed by atoms with Crippen LogP contribution in [-0.2, 0) is 27.4 Å². The van der Waals surface area contributed by atoms with Gasteiger partial charge < -0.3 is 15.0 Å². The van der Waals surface area contributed by atoms with Crippen molar-refractivity contribution in [3.63, 3.8) is 0 Å². The summed E-state index contributed by atoms with van der Waals surface area (Å²) in [4.78, 5) is 32.0. The fourth-order valence-corrected chi connectivity index (χ4v) is 4.85. The average molecular weight is 410 g/mol. The van der Waals surface area contributed by atoms with Crippen molar-refractivity contribution >= 4 is 23.4 Å². The fourth-order valence-electron chi connectivity index (χ4n) is 4.65. The molecule has 1 N–H and O–H groups in total. The van der Waals surface area contributed by atoms with Crippen LogP contribution < -0.4 is 5.32 Å². The lowest BCUT2D eigenvalue weighted by Crippen LogP contribution is -2.43. The van der Waals surface area contributed by atoms with Gasteiger partial charge in [-0.2, -0.15) is 0 Å². The minimum absolute atomic E-state index is 0.0571. The number of nitrogens with zero attached hydrogens (tertiary/aromatic N) is 2. The van der Waals surface area contributed by atoms with Gasteiger partial charge in [0.15, 0.2) is 0 Å². The van der Waals surface area contributed by atoms with Crippen LogP contribution in [-0.4, -0.2) is 39.9 Å². The second kappa shape index (κ2) is 6.97. The van der Waals surface area contributed by atoms with E-state index in [-0.39, 0.29) is 17.9 Å². The number of pyridine rings is 1. The number of aromatic nitrogens is 1. The van der Waals surface area contributed by atoms with Gasteiger partial charge in [-0.25, -0.2) is 0 Å². The first-order valence-electron chi connectivity index (χ1n) is 9.63. The number of halogens is 1. The lowest BCUT2D eigenvalue weighted by Gasteiger charge is -2.23. The van der Waals surface area contributed by atoms with Crippen molar-refractivity contribution in [2.75, 3.05) is 6.54 Å². The summed E-state index contributed by atoms with van der Waals surface area (Å²) in [5.41, 5.74) is 1.07. The molecule has 7 heteroatoms. The maximum absolute atomic E-state index is 13.3. The van der Waals surface area contributed by atoms with E-state index in [4.69, 9.17) is 16.3 Å². The molecule has 0 unspecified atom stereocenters. The maximum Gasteiger partial charge on any atom is 0.230 e. The highest BCUT2D eigenvalue weighted by Crippen LogP contribution is 2.52. The van der Waals surface area contributed by atoms with E-state index in [0.717, 1.165) is 11.1 Å². The summed E-state index contributed by atoms with van der Waals surface area (Å²) in [6.07, 6.45) is 6.91. The van der Waals surface area contributed by atoms with Gasteiger partial charge in [0.25, 0.3) is 0 Å². The fraction of sp³-hybridized carbons (Fsp3) is 0.318. The Labute approximate surface area is 173 Å². The zero-order valence-corrected chi connectivity index (χ0v) is 16.4. The lowest BCUT2D eigenvalue weighted by molar-refractivity contribution is -0.137. The van der Waals surface area contributed by atoms with Gasteiger partial charge in [-0.15, -0.1) is 0 Å². The van der Waals surface area contributed by atoms with E-state index in [1.54, 1.807) is 17.3 Å². The summed E-state index contributed by atoms with van der Waals surface area (Å²) in [6.45, 7) is 1.21. The molecule has 4 atom stereocenters. The number of likely N-dealkylation sites (tertiary alicyclic amines) is 1. The Kier molecular flexibility index (Phi) is 4.41. The van der Waals surface area contributed by atoms with Crippen molar-refractivity contribution < 1.29 is 14.3 Å². The largest absolute Gasteiger partial charge is 0.360 e. The number of fused-ring (bicyclic) bond motifs is 1. The summed E-state index contributed by atoms with van der Waals surface area (Å²) in [5.74, 6) is -1.25. The molecule has 148 valence electrons. The van der Waals surface area contributed by atoms with E-state index >= 15 is 0 Å². The van der Waals surface area contributed by atoms with Crippen molar-refractivity contribution in [1.29, 1.82) is 0 Å². The highest BCUT2D eigenvalue weighted by atomic mass is 35.5. The number of amides is 2. The van der Waals surface area contributed by atoms with E-state index in [1.807, 2.05) is 48.6 Å². The van der Waals surface area contributed by atoms with Crippen LogP contribution in [0.1, 0.15) is 11.1 Å². The molecule has 2 fully saturated rings. The Morgan fingerprint density at radius 2 is 2.17 bits per heavy atom. The standard InChI is InChI=1S/C22H20ClN3O3/c23-16-6-2-1-5-15(16)12-26-13-22-8-7-17(29-22)18(19(22)21(26)28)20(27)25-11-14-4-3-9-24-10-14/h1-10,17-19H,11-13H2,(H,25,27)/t17-,18+,19-,22+/m0/s1. The van der Waals surface area contributed by atoms with Crippen molar-refractivity contribution in [2.45, 2.75) is 24.8 Å². The molecule has 0 aliphatic carbocycles. The molecule has 0 radical (unpaired) electrons. The van der Waals surface area contributed by atoms with Crippen LogP contribution >= 0.6 is 11.6 Å². The summed E-state index contributed by atoms with van der Waals surface area (Å²) < 4.78 is 6.16. The zero-order chi connectivity index (χ0) is 20.0. The molecular weight excluding hydrogens is 390 g/mol. The second-order valence-corrected chi connectivity index (χ2v) is 8.17. The van der Waals surface area contributed by atoms with Crippen molar-refractivity contribution in [3.8, 4) is 0 Å². The number of benzene rings is 1. The predicted octanol–water partition coefficient (Wildman–Crippen LogP) is 2.33. The number of nitrogens with one attached hydrogen (secondary N) is 1. The van der Waals surface area contributed by atoms with Crippen LogP contribution in [0.3, 0.4) is 0 Å². The van der Waals surface area contributed by atoms with Gasteiger partial charge in [0.2, 0.25) is 11.8 Å². The van der Waals surface area contributed by atoms with Gasteiger partial charge in [0.05, 0.1) is 24.5 Å². The first-order chi connectivity index (χ1) is 14.1. The SMILES string of the molecule is O=C(NCc1cccnc1)[C@@H]1[C@@H]2C=C[C@]3(CN(Cc4ccccc4Cl)C(=O)[C@H]13)O2. The quantitative estimate of drug-likeness (QED) is 0.769. The minimum atomic E-state index is -0.723. The maximum atomic E-state index is 13.3. The average Bonchev–Trinajstić information content (AvgIpc) is 3.37. The first kappa shape index (κ1) is 18.3. The topological polar surface area (TPSA) is 71.5 Å². The summed E-state index contributed by atoms with van der Waals surface area (Å²) >= 11 is 6.27. The van der Waals surface area contributed by atoms with E-state index < -0.39 is 17.4 Å². The van der Waals surface area contributed by atoms with Gasteiger partial charge in [0, 0.05) is 30.5 Å². The van der Waals surface area contributed by atoms with Crippen LogP contribution in [0.25, 0.3) is 0 Å². The summed E-state index contributed by atoms with van der Waals surface area (Å²) in [5, 5.41) is 3.57. The zero-order valence-electron chi connectivity index (χ0n) is 15.6. The van der Waals surface area contributed by atoms with E-state index in [1.165, 1.54) is 0 Å². The number of carbonyl (C=O) groups is 2. The summed E-state index contributed by atoms with van der Waals surface area (Å²) in [7, 11) is 0. The van der Waals surface area contributed by atoms with E-state index in [9.17, 15) is 9.59 Å². The molecule has 2 amide bonds. The van der Waals surface area contributed by atoms with Crippen molar-refractivity contribution in [2.24, 2.45) is 11.8 Å². The van der Waals surface area contributed by atoms with Crippen LogP contribution in [0.4, 0.5) is 0 Å². The number of rotatable bonds is 5. The molecule has 3 aliphatic rings. The van der Waals surface area contributed by atoms with Gasteiger partial charge in [-0.05, 0) is 23.3 Å². The molecule has 1 spiro atoms. The molecular formula is C22H20ClN3O3. The molecule has 2 saturated heterocycles. The van der Waals surface area contributed by atoms with Crippen LogP contribution in [0.2, 0.25) is 5.02 Å². The molecule has 2 aromatic rings. The van der Waals surface area contributed by atoms with E-state index in [2.05, 4.69) is 10.3 Å². The van der Waals surface area contributed by atoms with Gasteiger partial charge in [0.1, 0.15) is 5.60 Å². The van der Waals surface area contributed by atoms with Crippen LogP contribution in [0.15, 0.2) is 60.9 Å². The third kappa shape index (κ3) is 3.03. The smallest absolute Gasteiger partial charge is 0.230 e. The molecule has 3 aliphatic heterocycles. The highest BCUT2D eigenvalue weighted by molar-refractivity contribution is 6.31. The minimum Gasteiger partial charge on any atom is -0.360 e. The van der Waals surface area contributed by atoms with Crippen molar-refractivity contribution in [3.05, 3.63) is 77.1 Å².